The van der Waals surface area contributed by atoms with E-state index in [1.807, 2.05) is 30.3 Å². The summed E-state index contributed by atoms with van der Waals surface area (Å²) in [5, 5.41) is 2.29. The van der Waals surface area contributed by atoms with Crippen LogP contribution in [0.25, 0.3) is 0 Å². The van der Waals surface area contributed by atoms with Crippen molar-refractivity contribution in [1.82, 2.24) is 5.25 Å². The number of benzene rings is 1. The summed E-state index contributed by atoms with van der Waals surface area (Å²) in [7, 11) is -1.93. The average Bonchev–Trinajstić information content (AvgIpc) is 2.25. The van der Waals surface area contributed by atoms with Crippen molar-refractivity contribution in [2.45, 2.75) is 13.5 Å². The van der Waals surface area contributed by atoms with Gasteiger partial charge >= 0.3 is 8.18 Å². The molecule has 0 aliphatic rings. The van der Waals surface area contributed by atoms with Crippen LogP contribution in [0.2, 0.25) is 0 Å². The molecule has 0 aromatic heterocycles. The predicted octanol–water partition coefficient (Wildman–Crippen LogP) is 2.40. The molecule has 0 fully saturated rings. The SMILES string of the molecule is CCON[P+](=O)OCc1ccccc1. The van der Waals surface area contributed by atoms with Crippen molar-refractivity contribution in [2.75, 3.05) is 6.61 Å². The molecule has 0 bridgehead atoms. The van der Waals surface area contributed by atoms with E-state index in [0.717, 1.165) is 5.56 Å². The van der Waals surface area contributed by atoms with Gasteiger partial charge in [0.1, 0.15) is 6.61 Å². The van der Waals surface area contributed by atoms with E-state index in [4.69, 9.17) is 9.36 Å². The fourth-order valence-corrected chi connectivity index (χ4v) is 1.40. The maximum absolute atomic E-state index is 11.1. The van der Waals surface area contributed by atoms with Crippen LogP contribution >= 0.6 is 8.18 Å². The van der Waals surface area contributed by atoms with E-state index in [-0.39, 0.29) is 0 Å². The van der Waals surface area contributed by atoms with Crippen molar-refractivity contribution in [3.63, 3.8) is 0 Å². The summed E-state index contributed by atoms with van der Waals surface area (Å²) in [5.74, 6) is 0. The summed E-state index contributed by atoms with van der Waals surface area (Å²) in [6.07, 6.45) is 0. The lowest BCUT2D eigenvalue weighted by atomic mass is 10.2. The molecule has 4 nitrogen and oxygen atoms in total. The molecule has 0 saturated heterocycles. The summed E-state index contributed by atoms with van der Waals surface area (Å²) in [6, 6.07) is 9.54. The van der Waals surface area contributed by atoms with E-state index < -0.39 is 8.18 Å². The van der Waals surface area contributed by atoms with Gasteiger partial charge in [-0.15, -0.1) is 4.52 Å². The van der Waals surface area contributed by atoms with Crippen molar-refractivity contribution >= 4 is 8.18 Å². The minimum atomic E-state index is -1.93. The van der Waals surface area contributed by atoms with Gasteiger partial charge in [0, 0.05) is 5.25 Å². The summed E-state index contributed by atoms with van der Waals surface area (Å²) in [5.41, 5.74) is 0.981. The van der Waals surface area contributed by atoms with Crippen LogP contribution < -0.4 is 5.25 Å². The normalized spacial score (nSPS) is 11.4. The number of hydrogen-bond donors (Lipinski definition) is 1. The summed E-state index contributed by atoms with van der Waals surface area (Å²) in [4.78, 5) is 4.73. The van der Waals surface area contributed by atoms with E-state index >= 15 is 0 Å². The first-order valence-electron chi connectivity index (χ1n) is 4.34. The Hall–Kier alpha value is -0.800. The van der Waals surface area contributed by atoms with E-state index in [2.05, 4.69) is 5.25 Å². The zero-order valence-corrected chi connectivity index (χ0v) is 8.87. The van der Waals surface area contributed by atoms with Crippen molar-refractivity contribution in [3.8, 4) is 0 Å². The summed E-state index contributed by atoms with van der Waals surface area (Å²) < 4.78 is 16.1. The van der Waals surface area contributed by atoms with Crippen LogP contribution in [0.4, 0.5) is 0 Å². The Bertz CT molecular complexity index is 279. The van der Waals surface area contributed by atoms with Gasteiger partial charge < -0.3 is 0 Å². The Morgan fingerprint density at radius 3 is 2.71 bits per heavy atom. The fourth-order valence-electron chi connectivity index (χ4n) is 0.851. The molecule has 0 aliphatic heterocycles. The second kappa shape index (κ2) is 6.62. The molecule has 5 heteroatoms. The maximum Gasteiger partial charge on any atom is 0.639 e. The highest BCUT2D eigenvalue weighted by molar-refractivity contribution is 7.36. The van der Waals surface area contributed by atoms with Gasteiger partial charge in [-0.3, -0.25) is 4.84 Å². The fraction of sp³-hybridized carbons (Fsp3) is 0.333. The van der Waals surface area contributed by atoms with Crippen molar-refractivity contribution < 1.29 is 13.9 Å². The Morgan fingerprint density at radius 1 is 1.36 bits per heavy atom. The summed E-state index contributed by atoms with van der Waals surface area (Å²) in [6.45, 7) is 2.57. The zero-order chi connectivity index (χ0) is 10.2. The van der Waals surface area contributed by atoms with Crippen LogP contribution in [0.1, 0.15) is 12.5 Å². The van der Waals surface area contributed by atoms with Crippen LogP contribution in [-0.2, 0) is 20.5 Å². The molecule has 0 spiro atoms. The van der Waals surface area contributed by atoms with E-state index in [9.17, 15) is 4.57 Å². The van der Waals surface area contributed by atoms with Crippen LogP contribution in [0.3, 0.4) is 0 Å². The zero-order valence-electron chi connectivity index (χ0n) is 7.97. The molecule has 1 aromatic carbocycles. The quantitative estimate of drug-likeness (QED) is 0.583. The average molecular weight is 214 g/mol. The lowest BCUT2D eigenvalue weighted by molar-refractivity contribution is 0.0937. The van der Waals surface area contributed by atoms with Crippen molar-refractivity contribution in [2.24, 2.45) is 0 Å². The highest BCUT2D eigenvalue weighted by Crippen LogP contribution is 2.18. The molecule has 0 saturated carbocycles. The smallest absolute Gasteiger partial charge is 0.259 e. The molecule has 1 N–H and O–H groups in total. The first kappa shape index (κ1) is 11.3. The monoisotopic (exact) mass is 214 g/mol. The van der Waals surface area contributed by atoms with Crippen LogP contribution in [-0.4, -0.2) is 6.61 Å². The Labute approximate surface area is 84.1 Å². The van der Waals surface area contributed by atoms with Gasteiger partial charge in [-0.1, -0.05) is 30.3 Å². The third-order valence-corrected chi connectivity index (χ3v) is 2.12. The number of nitrogens with one attached hydrogen (secondary N) is 1. The van der Waals surface area contributed by atoms with Crippen molar-refractivity contribution in [1.29, 1.82) is 0 Å². The highest BCUT2D eigenvalue weighted by atomic mass is 31.1. The maximum atomic E-state index is 11.1. The third kappa shape index (κ3) is 4.44. The largest absolute Gasteiger partial charge is 0.639 e. The van der Waals surface area contributed by atoms with Gasteiger partial charge in [-0.25, -0.2) is 0 Å². The third-order valence-electron chi connectivity index (χ3n) is 1.47. The molecule has 14 heavy (non-hydrogen) atoms. The molecule has 1 rings (SSSR count). The minimum Gasteiger partial charge on any atom is -0.259 e. The van der Waals surface area contributed by atoms with Crippen LogP contribution in [0.15, 0.2) is 30.3 Å². The molecule has 0 aliphatic carbocycles. The van der Waals surface area contributed by atoms with Crippen LogP contribution in [0.5, 0.6) is 0 Å². The van der Waals surface area contributed by atoms with E-state index in [1.54, 1.807) is 6.92 Å². The highest BCUT2D eigenvalue weighted by Gasteiger charge is 2.17. The molecular formula is C9H13NO3P+. The Balaban J connectivity index is 2.24. The predicted molar refractivity (Wildman–Crippen MR) is 53.6 cm³/mol. The number of rotatable bonds is 6. The lowest BCUT2D eigenvalue weighted by Gasteiger charge is -1.94. The molecule has 1 unspecified atom stereocenters. The van der Waals surface area contributed by atoms with Gasteiger partial charge in [0.25, 0.3) is 0 Å². The number of hydrogen-bond acceptors (Lipinski definition) is 3. The molecule has 0 radical (unpaired) electrons. The van der Waals surface area contributed by atoms with Gasteiger partial charge in [0.15, 0.2) is 0 Å². The lowest BCUT2D eigenvalue weighted by Crippen LogP contribution is -2.05. The summed E-state index contributed by atoms with van der Waals surface area (Å²) >= 11 is 0. The Kier molecular flexibility index (Phi) is 5.33. The molecule has 76 valence electrons. The Morgan fingerprint density at radius 2 is 2.07 bits per heavy atom. The molecule has 0 heterocycles. The van der Waals surface area contributed by atoms with Gasteiger partial charge in [-0.2, -0.15) is 0 Å². The standard InChI is InChI=1S/C9H13NO3P/c1-2-12-10-14(11)13-8-9-6-4-3-5-7-9/h3-7H,2,8H2,1H3,(H,10,11)/q+1. The second-order valence-electron chi connectivity index (χ2n) is 2.54. The molecule has 1 aromatic rings. The van der Waals surface area contributed by atoms with Gasteiger partial charge in [-0.05, 0) is 17.1 Å². The van der Waals surface area contributed by atoms with Gasteiger partial charge in [0.05, 0.1) is 6.61 Å². The first-order valence-corrected chi connectivity index (χ1v) is 5.52. The molecular weight excluding hydrogens is 201 g/mol. The molecule has 0 amide bonds. The van der Waals surface area contributed by atoms with E-state index in [0.29, 0.717) is 13.2 Å². The van der Waals surface area contributed by atoms with Gasteiger partial charge in [0.2, 0.25) is 0 Å². The van der Waals surface area contributed by atoms with E-state index in [1.165, 1.54) is 0 Å². The topological polar surface area (TPSA) is 47.6 Å². The minimum absolute atomic E-state index is 0.316. The van der Waals surface area contributed by atoms with Crippen molar-refractivity contribution in [3.05, 3.63) is 35.9 Å². The molecule has 1 atom stereocenters. The first-order chi connectivity index (χ1) is 6.83. The second-order valence-corrected chi connectivity index (χ2v) is 3.50. The van der Waals surface area contributed by atoms with Crippen LogP contribution in [0, 0.1) is 0 Å².